The van der Waals surface area contributed by atoms with E-state index in [1.54, 1.807) is 27.7 Å². The second kappa shape index (κ2) is 5.37. The van der Waals surface area contributed by atoms with Crippen LogP contribution in [0.5, 0.6) is 0 Å². The van der Waals surface area contributed by atoms with Gasteiger partial charge in [-0.25, -0.2) is 0 Å². The maximum absolute atomic E-state index is 11.8. The van der Waals surface area contributed by atoms with Gasteiger partial charge in [-0.05, 0) is 6.92 Å². The average Bonchev–Trinajstić information content (AvgIpc) is 2.62. The van der Waals surface area contributed by atoms with Gasteiger partial charge in [0.2, 0.25) is 17.7 Å². The number of amides is 3. The summed E-state index contributed by atoms with van der Waals surface area (Å²) in [7, 11) is 0. The van der Waals surface area contributed by atoms with Crippen LogP contribution in [0, 0.1) is 5.41 Å². The summed E-state index contributed by atoms with van der Waals surface area (Å²) in [6, 6.07) is -0.786. The topological polar surface area (TPSA) is 87.3 Å². The number of carbonyl (C=O) groups excluding carboxylic acids is 3. The molecule has 2 atom stereocenters. The van der Waals surface area contributed by atoms with Gasteiger partial charge in [0.1, 0.15) is 6.04 Å². The summed E-state index contributed by atoms with van der Waals surface area (Å²) >= 11 is 0. The lowest BCUT2D eigenvalue weighted by atomic mass is 9.95. The molecule has 0 aromatic carbocycles. The SMILES string of the molecule is C[C@H](NC(=O)C(C)(C)C)C(=O)N[C@H]1CNC(=O)C1. The maximum Gasteiger partial charge on any atom is 0.242 e. The highest BCUT2D eigenvalue weighted by molar-refractivity contribution is 5.90. The van der Waals surface area contributed by atoms with E-state index in [4.69, 9.17) is 0 Å². The Morgan fingerprint density at radius 2 is 2.00 bits per heavy atom. The lowest BCUT2D eigenvalue weighted by Crippen LogP contribution is -2.50. The van der Waals surface area contributed by atoms with E-state index < -0.39 is 11.5 Å². The molecule has 0 radical (unpaired) electrons. The number of rotatable bonds is 3. The van der Waals surface area contributed by atoms with Gasteiger partial charge in [-0.3, -0.25) is 14.4 Å². The van der Waals surface area contributed by atoms with Crippen molar-refractivity contribution in [3.8, 4) is 0 Å². The molecule has 0 aromatic heterocycles. The predicted octanol–water partition coefficient (Wildman–Crippen LogP) is -0.458. The minimum atomic E-state index is -0.604. The first-order valence-electron chi connectivity index (χ1n) is 6.08. The van der Waals surface area contributed by atoms with E-state index in [9.17, 15) is 14.4 Å². The van der Waals surface area contributed by atoms with Crippen molar-refractivity contribution in [2.75, 3.05) is 6.54 Å². The molecule has 1 saturated heterocycles. The van der Waals surface area contributed by atoms with E-state index in [1.165, 1.54) is 0 Å². The Morgan fingerprint density at radius 3 is 2.44 bits per heavy atom. The summed E-state index contributed by atoms with van der Waals surface area (Å²) in [5.74, 6) is -0.508. The first-order valence-corrected chi connectivity index (χ1v) is 6.08. The standard InChI is InChI=1S/C12H21N3O3/c1-7(14-11(18)12(2,3)4)10(17)15-8-5-9(16)13-6-8/h7-8H,5-6H2,1-4H3,(H,13,16)(H,14,18)(H,15,17)/t7-,8+/m0/s1. The quantitative estimate of drug-likeness (QED) is 0.638. The lowest BCUT2D eigenvalue weighted by molar-refractivity contribution is -0.133. The van der Waals surface area contributed by atoms with Crippen LogP contribution in [-0.4, -0.2) is 36.3 Å². The molecule has 1 rings (SSSR count). The van der Waals surface area contributed by atoms with Crippen LogP contribution in [0.15, 0.2) is 0 Å². The second-order valence-electron chi connectivity index (χ2n) is 5.66. The van der Waals surface area contributed by atoms with E-state index in [1.807, 2.05) is 0 Å². The normalized spacial score (nSPS) is 21.1. The molecule has 102 valence electrons. The Labute approximate surface area is 107 Å². The van der Waals surface area contributed by atoms with Crippen molar-refractivity contribution in [3.63, 3.8) is 0 Å². The Morgan fingerprint density at radius 1 is 1.39 bits per heavy atom. The number of hydrogen-bond donors (Lipinski definition) is 3. The first-order chi connectivity index (χ1) is 8.20. The van der Waals surface area contributed by atoms with Crippen molar-refractivity contribution in [1.29, 1.82) is 0 Å². The third-order valence-electron chi connectivity index (χ3n) is 2.75. The summed E-state index contributed by atoms with van der Waals surface area (Å²) in [5.41, 5.74) is -0.528. The van der Waals surface area contributed by atoms with E-state index in [2.05, 4.69) is 16.0 Å². The predicted molar refractivity (Wildman–Crippen MR) is 66.6 cm³/mol. The summed E-state index contributed by atoms with van der Waals surface area (Å²) in [4.78, 5) is 34.5. The maximum atomic E-state index is 11.8. The van der Waals surface area contributed by atoms with Gasteiger partial charge in [0.05, 0.1) is 6.04 Å². The highest BCUT2D eigenvalue weighted by Gasteiger charge is 2.28. The van der Waals surface area contributed by atoms with E-state index >= 15 is 0 Å². The molecular formula is C12H21N3O3. The number of hydrogen-bond acceptors (Lipinski definition) is 3. The minimum Gasteiger partial charge on any atom is -0.354 e. The van der Waals surface area contributed by atoms with Crippen molar-refractivity contribution >= 4 is 17.7 Å². The lowest BCUT2D eigenvalue weighted by Gasteiger charge is -2.22. The molecule has 0 aromatic rings. The molecule has 1 heterocycles. The van der Waals surface area contributed by atoms with Gasteiger partial charge >= 0.3 is 0 Å². The Kier molecular flexibility index (Phi) is 4.32. The molecule has 0 aliphatic carbocycles. The van der Waals surface area contributed by atoms with Crippen LogP contribution in [0.2, 0.25) is 0 Å². The molecule has 0 unspecified atom stereocenters. The molecule has 6 heteroatoms. The van der Waals surface area contributed by atoms with Crippen LogP contribution >= 0.6 is 0 Å². The number of nitrogens with one attached hydrogen (secondary N) is 3. The largest absolute Gasteiger partial charge is 0.354 e. The Hall–Kier alpha value is -1.59. The third-order valence-corrected chi connectivity index (χ3v) is 2.75. The van der Waals surface area contributed by atoms with Gasteiger partial charge in [0.15, 0.2) is 0 Å². The van der Waals surface area contributed by atoms with Gasteiger partial charge in [-0.15, -0.1) is 0 Å². The molecule has 0 spiro atoms. The van der Waals surface area contributed by atoms with Crippen molar-refractivity contribution in [2.45, 2.75) is 46.2 Å². The molecule has 0 bridgehead atoms. The zero-order chi connectivity index (χ0) is 13.9. The molecule has 6 nitrogen and oxygen atoms in total. The van der Waals surface area contributed by atoms with Crippen molar-refractivity contribution in [1.82, 2.24) is 16.0 Å². The summed E-state index contributed by atoms with van der Waals surface area (Å²) in [6.45, 7) is 7.43. The van der Waals surface area contributed by atoms with Crippen molar-refractivity contribution in [2.24, 2.45) is 5.41 Å². The van der Waals surface area contributed by atoms with Gasteiger partial charge in [-0.2, -0.15) is 0 Å². The van der Waals surface area contributed by atoms with Crippen LogP contribution in [-0.2, 0) is 14.4 Å². The monoisotopic (exact) mass is 255 g/mol. The smallest absolute Gasteiger partial charge is 0.242 e. The molecule has 1 fully saturated rings. The molecule has 0 saturated carbocycles. The van der Waals surface area contributed by atoms with Crippen LogP contribution in [0.3, 0.4) is 0 Å². The zero-order valence-electron chi connectivity index (χ0n) is 11.3. The fourth-order valence-corrected chi connectivity index (χ4v) is 1.51. The Bertz CT molecular complexity index is 360. The van der Waals surface area contributed by atoms with E-state index in [0.29, 0.717) is 13.0 Å². The highest BCUT2D eigenvalue weighted by atomic mass is 16.2. The fourth-order valence-electron chi connectivity index (χ4n) is 1.51. The molecule has 1 aliphatic rings. The van der Waals surface area contributed by atoms with Crippen molar-refractivity contribution in [3.05, 3.63) is 0 Å². The van der Waals surface area contributed by atoms with Gasteiger partial charge in [0, 0.05) is 18.4 Å². The molecule has 18 heavy (non-hydrogen) atoms. The zero-order valence-corrected chi connectivity index (χ0v) is 11.3. The number of carbonyl (C=O) groups is 3. The second-order valence-corrected chi connectivity index (χ2v) is 5.66. The van der Waals surface area contributed by atoms with Gasteiger partial charge < -0.3 is 16.0 Å². The van der Waals surface area contributed by atoms with E-state index in [0.717, 1.165) is 0 Å². The summed E-state index contributed by atoms with van der Waals surface area (Å²) in [6.07, 6.45) is 0.297. The third kappa shape index (κ3) is 4.01. The van der Waals surface area contributed by atoms with Crippen LogP contribution in [0.25, 0.3) is 0 Å². The van der Waals surface area contributed by atoms with Crippen LogP contribution in [0.1, 0.15) is 34.1 Å². The average molecular weight is 255 g/mol. The fraction of sp³-hybridized carbons (Fsp3) is 0.750. The molecular weight excluding hydrogens is 234 g/mol. The van der Waals surface area contributed by atoms with Gasteiger partial charge in [0.25, 0.3) is 0 Å². The summed E-state index contributed by atoms with van der Waals surface area (Å²) in [5, 5.41) is 8.02. The van der Waals surface area contributed by atoms with Crippen LogP contribution in [0.4, 0.5) is 0 Å². The minimum absolute atomic E-state index is 0.0633. The van der Waals surface area contributed by atoms with E-state index in [-0.39, 0.29) is 23.8 Å². The molecule has 3 N–H and O–H groups in total. The Balaban J connectivity index is 2.42. The molecule has 3 amide bonds. The first kappa shape index (κ1) is 14.5. The van der Waals surface area contributed by atoms with Crippen LogP contribution < -0.4 is 16.0 Å². The van der Waals surface area contributed by atoms with Gasteiger partial charge in [-0.1, -0.05) is 20.8 Å². The highest BCUT2D eigenvalue weighted by Crippen LogP contribution is 2.12. The molecule has 1 aliphatic heterocycles. The van der Waals surface area contributed by atoms with Crippen molar-refractivity contribution < 1.29 is 14.4 Å². The summed E-state index contributed by atoms with van der Waals surface area (Å²) < 4.78 is 0.